The predicted octanol–water partition coefficient (Wildman–Crippen LogP) is 3.74. The standard InChI is InChI=1S/C15H17Cl2NO4S/c1-9(19)23-8-14-11(7-18(15(20)21)4-5-22-14)10-2-3-12(16)13(17)6-10/h2-3,6,11,14H,4-5,7-8H2,1H3,(H,20,21)/t11-,14+/m0/s1. The summed E-state index contributed by atoms with van der Waals surface area (Å²) in [6.07, 6.45) is -1.26. The highest BCUT2D eigenvalue weighted by Gasteiger charge is 2.31. The second-order valence-electron chi connectivity index (χ2n) is 5.22. The van der Waals surface area contributed by atoms with E-state index in [2.05, 4.69) is 0 Å². The van der Waals surface area contributed by atoms with Crippen LogP contribution in [-0.4, -0.2) is 52.8 Å². The van der Waals surface area contributed by atoms with Crippen molar-refractivity contribution >= 4 is 46.2 Å². The highest BCUT2D eigenvalue weighted by atomic mass is 35.5. The molecule has 0 unspecified atom stereocenters. The van der Waals surface area contributed by atoms with Crippen LogP contribution in [0.1, 0.15) is 18.4 Å². The number of ether oxygens (including phenoxy) is 1. The molecule has 2 rings (SSSR count). The lowest BCUT2D eigenvalue weighted by molar-refractivity contribution is -0.109. The lowest BCUT2D eigenvalue weighted by atomic mass is 9.93. The van der Waals surface area contributed by atoms with E-state index in [9.17, 15) is 14.7 Å². The summed E-state index contributed by atoms with van der Waals surface area (Å²) in [6, 6.07) is 5.23. The number of rotatable bonds is 3. The van der Waals surface area contributed by atoms with Gasteiger partial charge in [-0.15, -0.1) is 0 Å². The first-order valence-corrected chi connectivity index (χ1v) is 8.80. The molecule has 1 heterocycles. The summed E-state index contributed by atoms with van der Waals surface area (Å²) in [7, 11) is 0. The minimum absolute atomic E-state index is 0.000765. The first-order chi connectivity index (χ1) is 10.9. The zero-order valence-corrected chi connectivity index (χ0v) is 14.8. The van der Waals surface area contributed by atoms with Crippen LogP contribution in [0.5, 0.6) is 0 Å². The van der Waals surface area contributed by atoms with Crippen molar-refractivity contribution in [3.8, 4) is 0 Å². The number of amides is 1. The molecule has 23 heavy (non-hydrogen) atoms. The quantitative estimate of drug-likeness (QED) is 0.868. The summed E-state index contributed by atoms with van der Waals surface area (Å²) < 4.78 is 5.82. The monoisotopic (exact) mass is 377 g/mol. The maximum Gasteiger partial charge on any atom is 0.407 e. The van der Waals surface area contributed by atoms with Gasteiger partial charge in [-0.1, -0.05) is 41.0 Å². The van der Waals surface area contributed by atoms with Gasteiger partial charge in [0.25, 0.3) is 0 Å². The van der Waals surface area contributed by atoms with E-state index in [0.29, 0.717) is 28.9 Å². The number of hydrogen-bond donors (Lipinski definition) is 1. The molecule has 0 aromatic heterocycles. The summed E-state index contributed by atoms with van der Waals surface area (Å²) in [4.78, 5) is 23.9. The molecule has 1 saturated heterocycles. The Morgan fingerprint density at radius 1 is 1.39 bits per heavy atom. The van der Waals surface area contributed by atoms with Gasteiger partial charge in [0.15, 0.2) is 5.12 Å². The molecule has 1 amide bonds. The van der Waals surface area contributed by atoms with Crippen LogP contribution in [0.15, 0.2) is 18.2 Å². The van der Waals surface area contributed by atoms with E-state index < -0.39 is 6.09 Å². The Labute approximate surface area is 148 Å². The van der Waals surface area contributed by atoms with Crippen LogP contribution in [0.3, 0.4) is 0 Å². The molecule has 1 N–H and O–H groups in total. The van der Waals surface area contributed by atoms with E-state index in [4.69, 9.17) is 27.9 Å². The van der Waals surface area contributed by atoms with Gasteiger partial charge in [0.1, 0.15) is 0 Å². The van der Waals surface area contributed by atoms with Crippen molar-refractivity contribution in [2.75, 3.05) is 25.4 Å². The fraction of sp³-hybridized carbons (Fsp3) is 0.467. The minimum Gasteiger partial charge on any atom is -0.465 e. The molecule has 5 nitrogen and oxygen atoms in total. The molecular formula is C15H17Cl2NO4S. The molecule has 0 aliphatic carbocycles. The Morgan fingerprint density at radius 2 is 2.13 bits per heavy atom. The number of halogens is 2. The number of carbonyl (C=O) groups is 2. The lowest BCUT2D eigenvalue weighted by Gasteiger charge is -2.27. The van der Waals surface area contributed by atoms with E-state index in [1.54, 1.807) is 12.1 Å². The van der Waals surface area contributed by atoms with Gasteiger partial charge in [-0.2, -0.15) is 0 Å². The summed E-state index contributed by atoms with van der Waals surface area (Å²) in [5.41, 5.74) is 0.849. The largest absolute Gasteiger partial charge is 0.465 e. The molecule has 1 fully saturated rings. The third-order valence-corrected chi connectivity index (χ3v) is 5.29. The molecule has 0 saturated carbocycles. The Balaban J connectivity index is 2.29. The second-order valence-corrected chi connectivity index (χ2v) is 7.23. The summed E-state index contributed by atoms with van der Waals surface area (Å²) in [6.45, 7) is 2.39. The minimum atomic E-state index is -0.987. The van der Waals surface area contributed by atoms with E-state index in [0.717, 1.165) is 5.56 Å². The van der Waals surface area contributed by atoms with Crippen molar-refractivity contribution in [2.45, 2.75) is 18.9 Å². The molecule has 8 heteroatoms. The third-order valence-electron chi connectivity index (χ3n) is 3.65. The maximum absolute atomic E-state index is 11.3. The molecule has 0 radical (unpaired) electrons. The Morgan fingerprint density at radius 3 is 2.74 bits per heavy atom. The average molecular weight is 378 g/mol. The number of carbonyl (C=O) groups excluding carboxylic acids is 1. The Kier molecular flexibility index (Phi) is 6.59. The molecule has 1 aromatic rings. The van der Waals surface area contributed by atoms with Crippen LogP contribution in [-0.2, 0) is 9.53 Å². The first kappa shape index (κ1) is 18.4. The van der Waals surface area contributed by atoms with Gasteiger partial charge in [-0.05, 0) is 17.7 Å². The topological polar surface area (TPSA) is 66.8 Å². The van der Waals surface area contributed by atoms with Crippen LogP contribution in [0.4, 0.5) is 4.79 Å². The zero-order chi connectivity index (χ0) is 17.0. The van der Waals surface area contributed by atoms with Gasteiger partial charge in [0, 0.05) is 31.7 Å². The lowest BCUT2D eigenvalue weighted by Crippen LogP contribution is -2.35. The molecule has 0 bridgehead atoms. The predicted molar refractivity (Wildman–Crippen MR) is 91.7 cm³/mol. The van der Waals surface area contributed by atoms with Crippen molar-refractivity contribution in [3.63, 3.8) is 0 Å². The Hall–Kier alpha value is -0.950. The van der Waals surface area contributed by atoms with E-state index in [1.807, 2.05) is 6.07 Å². The summed E-state index contributed by atoms with van der Waals surface area (Å²) in [5, 5.41) is 10.1. The number of nitrogens with zero attached hydrogens (tertiary/aromatic N) is 1. The normalized spacial score (nSPS) is 21.8. The highest BCUT2D eigenvalue weighted by Crippen LogP contribution is 2.32. The van der Waals surface area contributed by atoms with Gasteiger partial charge in [0.2, 0.25) is 0 Å². The third kappa shape index (κ3) is 5.01. The fourth-order valence-electron chi connectivity index (χ4n) is 2.48. The SMILES string of the molecule is CC(=O)SC[C@H]1OCCN(C(=O)O)C[C@H]1c1ccc(Cl)c(Cl)c1. The van der Waals surface area contributed by atoms with Crippen molar-refractivity contribution in [3.05, 3.63) is 33.8 Å². The molecule has 1 aliphatic rings. The number of hydrogen-bond acceptors (Lipinski definition) is 4. The van der Waals surface area contributed by atoms with Crippen LogP contribution >= 0.6 is 35.0 Å². The van der Waals surface area contributed by atoms with Crippen LogP contribution in [0, 0.1) is 0 Å². The summed E-state index contributed by atoms with van der Waals surface area (Å²) >= 11 is 13.2. The molecular weight excluding hydrogens is 361 g/mol. The van der Waals surface area contributed by atoms with Crippen molar-refractivity contribution in [1.82, 2.24) is 4.90 Å². The molecule has 126 valence electrons. The first-order valence-electron chi connectivity index (χ1n) is 7.06. The molecule has 0 spiro atoms. The van der Waals surface area contributed by atoms with E-state index >= 15 is 0 Å². The number of benzene rings is 1. The van der Waals surface area contributed by atoms with Crippen LogP contribution < -0.4 is 0 Å². The molecule has 2 atom stereocenters. The van der Waals surface area contributed by atoms with Gasteiger partial charge < -0.3 is 14.7 Å². The van der Waals surface area contributed by atoms with Gasteiger partial charge >= 0.3 is 6.09 Å². The van der Waals surface area contributed by atoms with Crippen LogP contribution in [0.25, 0.3) is 0 Å². The summed E-state index contributed by atoms with van der Waals surface area (Å²) in [5.74, 6) is 0.253. The highest BCUT2D eigenvalue weighted by molar-refractivity contribution is 8.13. The van der Waals surface area contributed by atoms with Gasteiger partial charge in [-0.25, -0.2) is 4.79 Å². The van der Waals surface area contributed by atoms with Crippen molar-refractivity contribution in [1.29, 1.82) is 0 Å². The molecule has 1 aromatic carbocycles. The smallest absolute Gasteiger partial charge is 0.407 e. The Bertz CT molecular complexity index is 599. The zero-order valence-electron chi connectivity index (χ0n) is 12.5. The van der Waals surface area contributed by atoms with Gasteiger partial charge in [-0.3, -0.25) is 4.79 Å². The second kappa shape index (κ2) is 8.24. The van der Waals surface area contributed by atoms with E-state index in [1.165, 1.54) is 23.6 Å². The maximum atomic E-state index is 11.3. The van der Waals surface area contributed by atoms with Crippen molar-refractivity contribution in [2.24, 2.45) is 0 Å². The fourth-order valence-corrected chi connectivity index (χ4v) is 3.51. The van der Waals surface area contributed by atoms with Crippen molar-refractivity contribution < 1.29 is 19.4 Å². The van der Waals surface area contributed by atoms with Crippen LogP contribution in [0.2, 0.25) is 10.0 Å². The molecule has 1 aliphatic heterocycles. The number of thioether (sulfide) groups is 1. The number of carboxylic acid groups (broad SMARTS) is 1. The van der Waals surface area contributed by atoms with E-state index in [-0.39, 0.29) is 23.7 Å². The average Bonchev–Trinajstić information content (AvgIpc) is 2.70. The van der Waals surface area contributed by atoms with Gasteiger partial charge in [0.05, 0.1) is 22.8 Å².